The van der Waals surface area contributed by atoms with Gasteiger partial charge < -0.3 is 4.90 Å². The molecule has 1 heterocycles. The van der Waals surface area contributed by atoms with Crippen LogP contribution in [0.1, 0.15) is 56.4 Å². The van der Waals surface area contributed by atoms with Gasteiger partial charge in [-0.1, -0.05) is 17.7 Å². The van der Waals surface area contributed by atoms with Crippen molar-refractivity contribution < 1.29 is 9.59 Å². The van der Waals surface area contributed by atoms with E-state index in [4.69, 9.17) is 11.6 Å². The molecular formula is C17H20ClNO2. The Hall–Kier alpha value is -1.35. The minimum atomic E-state index is 0.166. The van der Waals surface area contributed by atoms with E-state index in [1.165, 1.54) is 5.56 Å². The summed E-state index contributed by atoms with van der Waals surface area (Å²) in [6, 6.07) is 6.03. The molecule has 0 spiro atoms. The quantitative estimate of drug-likeness (QED) is 0.825. The largest absolute Gasteiger partial charge is 0.311 e. The topological polar surface area (TPSA) is 37.4 Å². The number of rotatable bonds is 2. The van der Waals surface area contributed by atoms with Gasteiger partial charge in [-0.2, -0.15) is 0 Å². The van der Waals surface area contributed by atoms with Crippen LogP contribution in [0.5, 0.6) is 0 Å². The Balaban J connectivity index is 1.79. The van der Waals surface area contributed by atoms with Gasteiger partial charge in [0.2, 0.25) is 5.91 Å². The van der Waals surface area contributed by atoms with Crippen molar-refractivity contribution in [2.75, 3.05) is 11.4 Å². The summed E-state index contributed by atoms with van der Waals surface area (Å²) in [5, 5.41) is 0.652. The fraction of sp³-hybridized carbons (Fsp3) is 0.529. The minimum absolute atomic E-state index is 0.166. The maximum absolute atomic E-state index is 12.0. The molecule has 3 nitrogen and oxygen atoms in total. The van der Waals surface area contributed by atoms with Crippen LogP contribution in [0.4, 0.5) is 5.69 Å². The second-order valence-electron chi connectivity index (χ2n) is 6.03. The third-order valence-electron chi connectivity index (χ3n) is 4.60. The van der Waals surface area contributed by atoms with Crippen LogP contribution in [0.2, 0.25) is 5.02 Å². The fourth-order valence-electron chi connectivity index (χ4n) is 3.33. The summed E-state index contributed by atoms with van der Waals surface area (Å²) in [6.07, 6.45) is 5.80. The molecular weight excluding hydrogens is 286 g/mol. The molecule has 2 aliphatic rings. The van der Waals surface area contributed by atoms with Crippen molar-refractivity contribution >= 4 is 29.0 Å². The molecule has 112 valence electrons. The summed E-state index contributed by atoms with van der Waals surface area (Å²) in [5.41, 5.74) is 2.03. The van der Waals surface area contributed by atoms with Gasteiger partial charge in [-0.05, 0) is 49.3 Å². The molecule has 0 bridgehead atoms. The van der Waals surface area contributed by atoms with E-state index in [1.54, 1.807) is 4.90 Å². The Morgan fingerprint density at radius 3 is 2.48 bits per heavy atom. The van der Waals surface area contributed by atoms with Crippen LogP contribution in [-0.2, 0) is 9.59 Å². The van der Waals surface area contributed by atoms with Crippen molar-refractivity contribution in [1.82, 2.24) is 0 Å². The molecule has 3 rings (SSSR count). The molecule has 0 aromatic heterocycles. The van der Waals surface area contributed by atoms with Crippen molar-refractivity contribution in [3.63, 3.8) is 0 Å². The minimum Gasteiger partial charge on any atom is -0.311 e. The average molecular weight is 306 g/mol. The van der Waals surface area contributed by atoms with Gasteiger partial charge in [0, 0.05) is 25.8 Å². The van der Waals surface area contributed by atoms with E-state index in [9.17, 15) is 9.59 Å². The van der Waals surface area contributed by atoms with Gasteiger partial charge in [0.1, 0.15) is 5.78 Å². The highest BCUT2D eigenvalue weighted by atomic mass is 35.5. The first-order valence-electron chi connectivity index (χ1n) is 7.76. The first-order chi connectivity index (χ1) is 10.1. The fourth-order valence-corrected chi connectivity index (χ4v) is 3.62. The van der Waals surface area contributed by atoms with Crippen molar-refractivity contribution in [2.45, 2.75) is 50.9 Å². The summed E-state index contributed by atoms with van der Waals surface area (Å²) < 4.78 is 0. The lowest BCUT2D eigenvalue weighted by Crippen LogP contribution is -2.35. The lowest BCUT2D eigenvalue weighted by molar-refractivity contribution is -0.121. The molecule has 1 saturated heterocycles. The first-order valence-corrected chi connectivity index (χ1v) is 8.14. The number of ketones is 1. The van der Waals surface area contributed by atoms with Crippen LogP contribution in [0.25, 0.3) is 0 Å². The number of hydrogen-bond donors (Lipinski definition) is 0. The molecule has 4 heteroatoms. The maximum Gasteiger partial charge on any atom is 0.227 e. The Kier molecular flexibility index (Phi) is 4.29. The van der Waals surface area contributed by atoms with Gasteiger partial charge in [-0.3, -0.25) is 9.59 Å². The maximum atomic E-state index is 12.0. The van der Waals surface area contributed by atoms with Crippen LogP contribution >= 0.6 is 11.6 Å². The van der Waals surface area contributed by atoms with Crippen LogP contribution in [-0.4, -0.2) is 18.2 Å². The molecule has 2 fully saturated rings. The molecule has 0 unspecified atom stereocenters. The highest BCUT2D eigenvalue weighted by Crippen LogP contribution is 2.36. The number of nitrogens with zero attached hydrogens (tertiary/aromatic N) is 1. The molecule has 1 aliphatic carbocycles. The summed E-state index contributed by atoms with van der Waals surface area (Å²) in [6.45, 7) is 0.760. The van der Waals surface area contributed by atoms with Crippen LogP contribution in [0.15, 0.2) is 18.2 Å². The lowest BCUT2D eigenvalue weighted by atomic mass is 9.83. The van der Waals surface area contributed by atoms with Crippen LogP contribution in [0, 0.1) is 0 Å². The number of anilines is 1. The van der Waals surface area contributed by atoms with Gasteiger partial charge in [0.15, 0.2) is 0 Å². The zero-order valence-electron chi connectivity index (χ0n) is 12.1. The summed E-state index contributed by atoms with van der Waals surface area (Å²) in [4.78, 5) is 25.1. The van der Waals surface area contributed by atoms with Gasteiger partial charge >= 0.3 is 0 Å². The zero-order chi connectivity index (χ0) is 14.8. The molecule has 0 radical (unpaired) electrons. The summed E-state index contributed by atoms with van der Waals surface area (Å²) >= 11 is 6.42. The predicted octanol–water partition coefficient (Wildman–Crippen LogP) is 4.08. The van der Waals surface area contributed by atoms with E-state index in [0.717, 1.165) is 37.9 Å². The second-order valence-corrected chi connectivity index (χ2v) is 6.43. The van der Waals surface area contributed by atoms with Crippen molar-refractivity contribution in [3.8, 4) is 0 Å². The Bertz CT molecular complexity index is 560. The highest BCUT2D eigenvalue weighted by Gasteiger charge is 2.24. The smallest absolute Gasteiger partial charge is 0.227 e. The average Bonchev–Trinajstić information content (AvgIpc) is 2.49. The third kappa shape index (κ3) is 3.13. The summed E-state index contributed by atoms with van der Waals surface area (Å²) in [7, 11) is 0. The molecule has 1 aliphatic heterocycles. The molecule has 1 amide bonds. The first kappa shape index (κ1) is 14.6. The number of Topliss-reactive ketones (excluding diaryl/α,β-unsaturated/α-hetero) is 1. The zero-order valence-corrected chi connectivity index (χ0v) is 12.9. The molecule has 0 N–H and O–H groups in total. The monoisotopic (exact) mass is 305 g/mol. The van der Waals surface area contributed by atoms with Crippen molar-refractivity contribution in [3.05, 3.63) is 28.8 Å². The van der Waals surface area contributed by atoms with Crippen molar-refractivity contribution in [1.29, 1.82) is 0 Å². The Morgan fingerprint density at radius 2 is 1.81 bits per heavy atom. The number of halogens is 1. The van der Waals surface area contributed by atoms with Crippen molar-refractivity contribution in [2.24, 2.45) is 0 Å². The van der Waals surface area contributed by atoms with Gasteiger partial charge in [0.05, 0.1) is 10.7 Å². The van der Waals surface area contributed by atoms with Crippen LogP contribution < -0.4 is 4.90 Å². The molecule has 0 atom stereocenters. The molecule has 1 saturated carbocycles. The number of piperidine rings is 1. The number of amides is 1. The van der Waals surface area contributed by atoms with Crippen LogP contribution in [0.3, 0.4) is 0 Å². The Labute approximate surface area is 130 Å². The molecule has 21 heavy (non-hydrogen) atoms. The lowest BCUT2D eigenvalue weighted by Gasteiger charge is -2.28. The van der Waals surface area contributed by atoms with E-state index in [0.29, 0.717) is 36.0 Å². The second kappa shape index (κ2) is 6.18. The van der Waals surface area contributed by atoms with E-state index in [1.807, 2.05) is 12.1 Å². The van der Waals surface area contributed by atoms with E-state index in [-0.39, 0.29) is 5.91 Å². The molecule has 1 aromatic rings. The Morgan fingerprint density at radius 1 is 1.05 bits per heavy atom. The molecule has 1 aromatic carbocycles. The number of carbonyl (C=O) groups is 2. The number of carbonyl (C=O) groups excluding carboxylic acids is 2. The van der Waals surface area contributed by atoms with E-state index in [2.05, 4.69) is 6.07 Å². The predicted molar refractivity (Wildman–Crippen MR) is 83.9 cm³/mol. The van der Waals surface area contributed by atoms with Gasteiger partial charge in [0.25, 0.3) is 0 Å². The van der Waals surface area contributed by atoms with E-state index < -0.39 is 0 Å². The SMILES string of the molecule is O=C1CCC(c2ccc(N3CCCCC3=O)c(Cl)c2)CC1. The van der Waals surface area contributed by atoms with E-state index >= 15 is 0 Å². The third-order valence-corrected chi connectivity index (χ3v) is 4.90. The van der Waals surface area contributed by atoms with Gasteiger partial charge in [-0.25, -0.2) is 0 Å². The highest BCUT2D eigenvalue weighted by molar-refractivity contribution is 6.33. The van der Waals surface area contributed by atoms with Gasteiger partial charge in [-0.15, -0.1) is 0 Å². The number of benzene rings is 1. The summed E-state index contributed by atoms with van der Waals surface area (Å²) in [5.74, 6) is 0.957. The number of hydrogen-bond acceptors (Lipinski definition) is 2. The normalized spacial score (nSPS) is 20.9. The standard InChI is InChI=1S/C17H20ClNO2/c18-15-11-13(12-4-7-14(20)8-5-12)6-9-16(15)19-10-2-1-3-17(19)21/h6,9,11-12H,1-5,7-8,10H2.